The smallest absolute Gasteiger partial charge is 0.313 e. The molecule has 0 radical (unpaired) electrons. The van der Waals surface area contributed by atoms with E-state index in [4.69, 9.17) is 5.26 Å². The lowest BCUT2D eigenvalue weighted by Crippen LogP contribution is -2.22. The fourth-order valence-electron chi connectivity index (χ4n) is 1.32. The van der Waals surface area contributed by atoms with Gasteiger partial charge in [-0.2, -0.15) is 5.26 Å². The van der Waals surface area contributed by atoms with Crippen LogP contribution in [0.2, 0.25) is 0 Å². The van der Waals surface area contributed by atoms with E-state index in [1.165, 1.54) is 12.4 Å². The number of nitrogens with zero attached hydrogens (tertiary/aromatic N) is 2. The Morgan fingerprint density at radius 2 is 2.12 bits per heavy atom. The van der Waals surface area contributed by atoms with Crippen LogP contribution < -0.4 is 11.2 Å². The lowest BCUT2D eigenvalue weighted by Gasteiger charge is -2.00. The third kappa shape index (κ3) is 1.62. The van der Waals surface area contributed by atoms with Crippen molar-refractivity contribution in [3.63, 3.8) is 0 Å². The van der Waals surface area contributed by atoms with Crippen molar-refractivity contribution in [2.45, 2.75) is 0 Å². The molecule has 0 bridgehead atoms. The van der Waals surface area contributed by atoms with Crippen molar-refractivity contribution < 1.29 is 0 Å². The predicted octanol–water partition coefficient (Wildman–Crippen LogP) is -0.00312. The minimum atomic E-state index is -0.587. The monoisotopic (exact) mass is 214 g/mol. The Morgan fingerprint density at radius 1 is 1.31 bits per heavy atom. The van der Waals surface area contributed by atoms with Crippen LogP contribution in [0.3, 0.4) is 0 Å². The maximum Gasteiger partial charge on any atom is 0.325 e. The van der Waals surface area contributed by atoms with E-state index >= 15 is 0 Å². The fraction of sp³-hybridized carbons (Fsp3) is 0. The quantitative estimate of drug-likeness (QED) is 0.697. The van der Waals surface area contributed by atoms with Crippen LogP contribution in [0.4, 0.5) is 0 Å². The van der Waals surface area contributed by atoms with Crippen molar-refractivity contribution >= 4 is 0 Å². The van der Waals surface area contributed by atoms with Crippen molar-refractivity contribution in [3.8, 4) is 17.2 Å². The van der Waals surface area contributed by atoms with E-state index in [0.717, 1.165) is 0 Å². The fourth-order valence-corrected chi connectivity index (χ4v) is 1.32. The zero-order chi connectivity index (χ0) is 11.5. The van der Waals surface area contributed by atoms with Crippen LogP contribution in [0.1, 0.15) is 5.69 Å². The molecule has 0 unspecified atom stereocenters. The summed E-state index contributed by atoms with van der Waals surface area (Å²) in [6, 6.07) is 5.08. The lowest BCUT2D eigenvalue weighted by molar-refractivity contribution is 1.04. The van der Waals surface area contributed by atoms with Gasteiger partial charge in [-0.05, 0) is 12.1 Å². The first-order valence-corrected chi connectivity index (χ1v) is 4.40. The Labute approximate surface area is 89.2 Å². The van der Waals surface area contributed by atoms with Crippen LogP contribution in [0.25, 0.3) is 11.1 Å². The SMILES string of the molecule is N#Cc1ncccc1-c1c[nH]c(=O)[nH]c1=O. The van der Waals surface area contributed by atoms with E-state index in [1.807, 2.05) is 6.07 Å². The molecule has 2 aromatic rings. The van der Waals surface area contributed by atoms with Crippen LogP contribution in [0.15, 0.2) is 34.1 Å². The van der Waals surface area contributed by atoms with Gasteiger partial charge in [0.2, 0.25) is 0 Å². The van der Waals surface area contributed by atoms with E-state index in [9.17, 15) is 9.59 Å². The highest BCUT2D eigenvalue weighted by Crippen LogP contribution is 2.15. The molecule has 0 saturated heterocycles. The van der Waals surface area contributed by atoms with Gasteiger partial charge in [0, 0.05) is 18.0 Å². The Hall–Kier alpha value is -2.68. The van der Waals surface area contributed by atoms with Crippen molar-refractivity contribution in [1.29, 1.82) is 5.26 Å². The number of hydrogen-bond acceptors (Lipinski definition) is 4. The van der Waals surface area contributed by atoms with Gasteiger partial charge in [0.05, 0.1) is 5.56 Å². The summed E-state index contributed by atoms with van der Waals surface area (Å²) in [5.74, 6) is 0. The summed E-state index contributed by atoms with van der Waals surface area (Å²) < 4.78 is 0. The third-order valence-corrected chi connectivity index (χ3v) is 2.02. The highest BCUT2D eigenvalue weighted by atomic mass is 16.2. The van der Waals surface area contributed by atoms with E-state index in [-0.39, 0.29) is 11.3 Å². The first-order chi connectivity index (χ1) is 7.72. The number of nitrogens with one attached hydrogen (secondary N) is 2. The molecule has 0 aliphatic heterocycles. The molecule has 2 aromatic heterocycles. The van der Waals surface area contributed by atoms with Crippen molar-refractivity contribution in [1.82, 2.24) is 15.0 Å². The number of rotatable bonds is 1. The molecule has 0 aromatic carbocycles. The maximum absolute atomic E-state index is 11.5. The molecule has 16 heavy (non-hydrogen) atoms. The molecular weight excluding hydrogens is 208 g/mol. The van der Waals surface area contributed by atoms with Gasteiger partial charge in [-0.15, -0.1) is 0 Å². The summed E-state index contributed by atoms with van der Waals surface area (Å²) in [6.45, 7) is 0. The molecule has 6 heteroatoms. The molecule has 0 fully saturated rings. The first-order valence-electron chi connectivity index (χ1n) is 4.40. The number of hydrogen-bond donors (Lipinski definition) is 2. The molecule has 78 valence electrons. The standard InChI is InChI=1S/C10H6N4O2/c11-4-8-6(2-1-3-12-8)7-5-13-10(16)14-9(7)15/h1-3,5H,(H2,13,14,15,16). The van der Waals surface area contributed by atoms with Crippen LogP contribution in [0.5, 0.6) is 0 Å². The largest absolute Gasteiger partial charge is 0.325 e. The molecule has 2 N–H and O–H groups in total. The Balaban J connectivity index is 2.74. The summed E-state index contributed by atoms with van der Waals surface area (Å²) in [6.07, 6.45) is 2.72. The number of nitriles is 1. The third-order valence-electron chi connectivity index (χ3n) is 2.02. The first kappa shape index (κ1) is 9.86. The van der Waals surface area contributed by atoms with Gasteiger partial charge in [-0.1, -0.05) is 0 Å². The number of H-pyrrole nitrogens is 2. The minimum Gasteiger partial charge on any atom is -0.313 e. The van der Waals surface area contributed by atoms with Gasteiger partial charge in [0.1, 0.15) is 11.8 Å². The highest BCUT2D eigenvalue weighted by molar-refractivity contribution is 5.66. The maximum atomic E-state index is 11.5. The van der Waals surface area contributed by atoms with Crippen LogP contribution in [-0.2, 0) is 0 Å². The van der Waals surface area contributed by atoms with E-state index in [0.29, 0.717) is 5.56 Å². The molecule has 0 amide bonds. The molecule has 0 aliphatic rings. The molecule has 0 spiro atoms. The highest BCUT2D eigenvalue weighted by Gasteiger charge is 2.09. The van der Waals surface area contributed by atoms with Gasteiger partial charge < -0.3 is 4.98 Å². The van der Waals surface area contributed by atoms with Crippen LogP contribution in [-0.4, -0.2) is 15.0 Å². The van der Waals surface area contributed by atoms with Crippen molar-refractivity contribution in [2.24, 2.45) is 0 Å². The number of aromatic amines is 2. The summed E-state index contributed by atoms with van der Waals surface area (Å²) in [4.78, 5) is 30.6. The average molecular weight is 214 g/mol. The van der Waals surface area contributed by atoms with Gasteiger partial charge >= 0.3 is 5.69 Å². The van der Waals surface area contributed by atoms with Crippen LogP contribution >= 0.6 is 0 Å². The molecule has 0 aliphatic carbocycles. The van der Waals surface area contributed by atoms with E-state index in [2.05, 4.69) is 15.0 Å². The second-order valence-corrected chi connectivity index (χ2v) is 3.00. The minimum absolute atomic E-state index is 0.139. The van der Waals surface area contributed by atoms with Gasteiger partial charge in [0.15, 0.2) is 0 Å². The zero-order valence-corrected chi connectivity index (χ0v) is 8.02. The number of pyridine rings is 1. The molecule has 0 saturated carbocycles. The summed E-state index contributed by atoms with van der Waals surface area (Å²) in [7, 11) is 0. The Morgan fingerprint density at radius 3 is 2.81 bits per heavy atom. The van der Waals surface area contributed by atoms with E-state index < -0.39 is 11.2 Å². The zero-order valence-electron chi connectivity index (χ0n) is 8.02. The molecule has 2 heterocycles. The second-order valence-electron chi connectivity index (χ2n) is 3.00. The van der Waals surface area contributed by atoms with Gasteiger partial charge in [-0.25, -0.2) is 9.78 Å². The van der Waals surface area contributed by atoms with E-state index in [1.54, 1.807) is 12.1 Å². The lowest BCUT2D eigenvalue weighted by atomic mass is 10.1. The Kier molecular flexibility index (Phi) is 2.36. The van der Waals surface area contributed by atoms with Crippen molar-refractivity contribution in [3.05, 3.63) is 51.1 Å². The summed E-state index contributed by atoms with van der Waals surface area (Å²) in [5, 5.41) is 8.83. The normalized spacial score (nSPS) is 9.69. The van der Waals surface area contributed by atoms with Gasteiger partial charge in [-0.3, -0.25) is 9.78 Å². The van der Waals surface area contributed by atoms with Crippen LogP contribution in [0, 0.1) is 11.3 Å². The molecule has 6 nitrogen and oxygen atoms in total. The number of aromatic nitrogens is 3. The molecule has 0 atom stereocenters. The average Bonchev–Trinajstić information content (AvgIpc) is 2.29. The molecular formula is C10H6N4O2. The van der Waals surface area contributed by atoms with Crippen molar-refractivity contribution in [2.75, 3.05) is 0 Å². The summed E-state index contributed by atoms with van der Waals surface area (Å²) >= 11 is 0. The Bertz CT molecular complexity index is 678. The topological polar surface area (TPSA) is 102 Å². The molecule has 2 rings (SSSR count). The summed E-state index contributed by atoms with van der Waals surface area (Å²) in [5.41, 5.74) is -0.392. The predicted molar refractivity (Wildman–Crippen MR) is 55.6 cm³/mol. The second kappa shape index (κ2) is 3.82. The van der Waals surface area contributed by atoms with Gasteiger partial charge in [0.25, 0.3) is 5.56 Å².